The van der Waals surface area contributed by atoms with E-state index in [1.54, 1.807) is 11.9 Å². The van der Waals surface area contributed by atoms with E-state index in [0.717, 1.165) is 39.3 Å². The van der Waals surface area contributed by atoms with Gasteiger partial charge in [0.1, 0.15) is 16.8 Å². The van der Waals surface area contributed by atoms with Gasteiger partial charge in [0.25, 0.3) is 5.91 Å². The summed E-state index contributed by atoms with van der Waals surface area (Å²) in [6.45, 7) is 5.98. The number of rotatable bonds is 4. The average Bonchev–Trinajstić information content (AvgIpc) is 3.13. The summed E-state index contributed by atoms with van der Waals surface area (Å²) in [6.07, 6.45) is 0. The minimum atomic E-state index is -0.141. The smallest absolute Gasteiger partial charge is 0.255 e. The maximum absolute atomic E-state index is 12.7. The van der Waals surface area contributed by atoms with E-state index in [4.69, 9.17) is 4.74 Å². The molecule has 1 heterocycles. The molecule has 0 radical (unpaired) electrons. The van der Waals surface area contributed by atoms with Crippen LogP contribution < -0.4 is 10.1 Å². The van der Waals surface area contributed by atoms with Gasteiger partial charge >= 0.3 is 0 Å². The molecule has 6 heteroatoms. The first-order valence-corrected chi connectivity index (χ1v) is 9.35. The van der Waals surface area contributed by atoms with Crippen molar-refractivity contribution in [2.75, 3.05) is 12.4 Å². The predicted molar refractivity (Wildman–Crippen MR) is 114 cm³/mol. The molecule has 0 saturated heterocycles. The lowest BCUT2D eigenvalue weighted by Crippen LogP contribution is -2.13. The van der Waals surface area contributed by atoms with Gasteiger partial charge in [0.05, 0.1) is 12.8 Å². The van der Waals surface area contributed by atoms with Gasteiger partial charge in [0.2, 0.25) is 0 Å². The second-order valence-electron chi connectivity index (χ2n) is 7.10. The Bertz CT molecular complexity index is 1210. The topological polar surface area (TPSA) is 69.0 Å². The van der Waals surface area contributed by atoms with Gasteiger partial charge in [0.15, 0.2) is 0 Å². The van der Waals surface area contributed by atoms with Crippen molar-refractivity contribution in [3.8, 4) is 11.4 Å². The molecule has 146 valence electrons. The standard InChI is InChI=1S/C23H22N4O2/c1-14-5-6-17(11-15(14)2)23(28)24-20-13-22-21(12-16(20)3)25-27(26-22)18-7-9-19(29-4)10-8-18/h5-13H,1-4H3,(H,24,28). The third kappa shape index (κ3) is 3.69. The number of amides is 1. The van der Waals surface area contributed by atoms with Gasteiger partial charge in [-0.15, -0.1) is 10.2 Å². The van der Waals surface area contributed by atoms with Crippen LogP contribution in [0, 0.1) is 20.8 Å². The molecule has 6 nitrogen and oxygen atoms in total. The molecule has 0 spiro atoms. The monoisotopic (exact) mass is 386 g/mol. The van der Waals surface area contributed by atoms with Gasteiger partial charge in [-0.3, -0.25) is 4.79 Å². The first-order chi connectivity index (χ1) is 13.9. The number of aromatic nitrogens is 3. The molecule has 0 atom stereocenters. The molecule has 0 bridgehead atoms. The number of ether oxygens (including phenoxy) is 1. The minimum Gasteiger partial charge on any atom is -0.497 e. The Balaban J connectivity index is 1.64. The number of anilines is 1. The molecule has 1 aromatic heterocycles. The highest BCUT2D eigenvalue weighted by Crippen LogP contribution is 2.23. The van der Waals surface area contributed by atoms with E-state index in [0.29, 0.717) is 11.1 Å². The predicted octanol–water partition coefficient (Wildman–Crippen LogP) is 4.61. The van der Waals surface area contributed by atoms with Crippen LogP contribution in [0.4, 0.5) is 5.69 Å². The van der Waals surface area contributed by atoms with Crippen molar-refractivity contribution in [3.63, 3.8) is 0 Å². The number of hydrogen-bond donors (Lipinski definition) is 1. The molecule has 4 rings (SSSR count). The number of fused-ring (bicyclic) bond motifs is 1. The van der Waals surface area contributed by atoms with E-state index >= 15 is 0 Å². The third-order valence-electron chi connectivity index (χ3n) is 5.05. The van der Waals surface area contributed by atoms with Crippen LogP contribution in [0.1, 0.15) is 27.0 Å². The van der Waals surface area contributed by atoms with Crippen LogP contribution >= 0.6 is 0 Å². The molecular weight excluding hydrogens is 364 g/mol. The normalized spacial score (nSPS) is 10.9. The maximum atomic E-state index is 12.7. The van der Waals surface area contributed by atoms with Gasteiger partial charge in [-0.05, 0) is 86.0 Å². The molecule has 3 aromatic carbocycles. The summed E-state index contributed by atoms with van der Waals surface area (Å²) in [5, 5.41) is 12.1. The second kappa shape index (κ2) is 7.39. The van der Waals surface area contributed by atoms with E-state index in [1.807, 2.05) is 75.4 Å². The molecule has 0 unspecified atom stereocenters. The number of aryl methyl sites for hydroxylation is 3. The number of nitrogens with zero attached hydrogens (tertiary/aromatic N) is 3. The second-order valence-corrected chi connectivity index (χ2v) is 7.10. The Hall–Kier alpha value is -3.67. The zero-order chi connectivity index (χ0) is 20.5. The zero-order valence-electron chi connectivity index (χ0n) is 16.9. The first-order valence-electron chi connectivity index (χ1n) is 9.35. The fraction of sp³-hybridized carbons (Fsp3) is 0.174. The highest BCUT2D eigenvalue weighted by Gasteiger charge is 2.12. The van der Waals surface area contributed by atoms with Crippen LogP contribution in [0.15, 0.2) is 54.6 Å². The molecule has 1 amide bonds. The van der Waals surface area contributed by atoms with E-state index in [9.17, 15) is 4.79 Å². The minimum absolute atomic E-state index is 0.141. The maximum Gasteiger partial charge on any atom is 0.255 e. The highest BCUT2D eigenvalue weighted by atomic mass is 16.5. The van der Waals surface area contributed by atoms with Crippen molar-refractivity contribution in [1.29, 1.82) is 0 Å². The number of carbonyl (C=O) groups is 1. The van der Waals surface area contributed by atoms with E-state index in [2.05, 4.69) is 15.5 Å². The quantitative estimate of drug-likeness (QED) is 0.556. The van der Waals surface area contributed by atoms with Gasteiger partial charge in [-0.25, -0.2) is 0 Å². The number of methoxy groups -OCH3 is 1. The summed E-state index contributed by atoms with van der Waals surface area (Å²) in [5.74, 6) is 0.635. The molecule has 29 heavy (non-hydrogen) atoms. The van der Waals surface area contributed by atoms with Crippen molar-refractivity contribution in [3.05, 3.63) is 76.9 Å². The molecule has 0 aliphatic rings. The Labute approximate surface area is 169 Å². The van der Waals surface area contributed by atoms with E-state index in [1.165, 1.54) is 0 Å². The van der Waals surface area contributed by atoms with E-state index in [-0.39, 0.29) is 5.91 Å². The molecule has 0 aliphatic heterocycles. The van der Waals surface area contributed by atoms with Crippen LogP contribution in [0.5, 0.6) is 5.75 Å². The Morgan fingerprint density at radius 2 is 1.55 bits per heavy atom. The van der Waals surface area contributed by atoms with Crippen LogP contribution in [0.25, 0.3) is 16.7 Å². The van der Waals surface area contributed by atoms with Gasteiger partial charge in [0, 0.05) is 11.3 Å². The largest absolute Gasteiger partial charge is 0.497 e. The molecule has 0 aliphatic carbocycles. The Kier molecular flexibility index (Phi) is 4.76. The number of benzene rings is 3. The summed E-state index contributed by atoms with van der Waals surface area (Å²) in [4.78, 5) is 14.3. The lowest BCUT2D eigenvalue weighted by atomic mass is 10.1. The SMILES string of the molecule is COc1ccc(-n2nc3cc(C)c(NC(=O)c4ccc(C)c(C)c4)cc3n2)cc1. The molecule has 0 fully saturated rings. The Morgan fingerprint density at radius 1 is 0.862 bits per heavy atom. The summed E-state index contributed by atoms with van der Waals surface area (Å²) in [7, 11) is 1.63. The molecule has 1 N–H and O–H groups in total. The van der Waals surface area contributed by atoms with E-state index < -0.39 is 0 Å². The lowest BCUT2D eigenvalue weighted by Gasteiger charge is -2.09. The molecule has 4 aromatic rings. The fourth-order valence-electron chi connectivity index (χ4n) is 3.11. The summed E-state index contributed by atoms with van der Waals surface area (Å²) in [5.41, 5.74) is 6.85. The highest BCUT2D eigenvalue weighted by molar-refractivity contribution is 6.05. The van der Waals surface area contributed by atoms with Crippen molar-refractivity contribution in [2.24, 2.45) is 0 Å². The van der Waals surface area contributed by atoms with Crippen molar-refractivity contribution >= 4 is 22.6 Å². The summed E-state index contributed by atoms with van der Waals surface area (Å²) >= 11 is 0. The lowest BCUT2D eigenvalue weighted by molar-refractivity contribution is 0.102. The third-order valence-corrected chi connectivity index (χ3v) is 5.05. The number of hydrogen-bond acceptors (Lipinski definition) is 4. The van der Waals surface area contributed by atoms with Gasteiger partial charge in [-0.2, -0.15) is 4.80 Å². The van der Waals surface area contributed by atoms with Crippen LogP contribution in [0.3, 0.4) is 0 Å². The summed E-state index contributed by atoms with van der Waals surface area (Å²) < 4.78 is 5.19. The van der Waals surface area contributed by atoms with Crippen LogP contribution in [-0.4, -0.2) is 28.0 Å². The van der Waals surface area contributed by atoms with Crippen LogP contribution in [-0.2, 0) is 0 Å². The van der Waals surface area contributed by atoms with Crippen LogP contribution in [0.2, 0.25) is 0 Å². The fourth-order valence-corrected chi connectivity index (χ4v) is 3.11. The van der Waals surface area contributed by atoms with Crippen molar-refractivity contribution in [1.82, 2.24) is 15.0 Å². The van der Waals surface area contributed by atoms with Crippen molar-refractivity contribution < 1.29 is 9.53 Å². The first kappa shape index (κ1) is 18.7. The van der Waals surface area contributed by atoms with Gasteiger partial charge < -0.3 is 10.1 Å². The summed E-state index contributed by atoms with van der Waals surface area (Å²) in [6, 6.07) is 17.0. The zero-order valence-corrected chi connectivity index (χ0v) is 16.9. The Morgan fingerprint density at radius 3 is 2.21 bits per heavy atom. The van der Waals surface area contributed by atoms with Crippen molar-refractivity contribution in [2.45, 2.75) is 20.8 Å². The number of nitrogens with one attached hydrogen (secondary N) is 1. The molecule has 0 saturated carbocycles. The number of carbonyl (C=O) groups excluding carboxylic acids is 1. The molecular formula is C23H22N4O2. The average molecular weight is 386 g/mol. The van der Waals surface area contributed by atoms with Gasteiger partial charge in [-0.1, -0.05) is 6.07 Å².